The Morgan fingerprint density at radius 2 is 1.85 bits per heavy atom. The molecule has 2 heterocycles. The summed E-state index contributed by atoms with van der Waals surface area (Å²) in [6.45, 7) is 2.11. The minimum atomic E-state index is 0.117. The summed E-state index contributed by atoms with van der Waals surface area (Å²) in [5.74, 6) is 0.117. The first-order valence-electron chi connectivity index (χ1n) is 8.87. The second-order valence-corrected chi connectivity index (χ2v) is 6.48. The molecule has 0 saturated heterocycles. The Morgan fingerprint density at radius 3 is 2.65 bits per heavy atom. The second kappa shape index (κ2) is 6.96. The Labute approximate surface area is 152 Å². The SMILES string of the molecule is CCc1ccc(C(=O)Cc2cncc(-c3cccc4[nH]ccc34)c2)cc1. The summed E-state index contributed by atoms with van der Waals surface area (Å²) in [5, 5.41) is 1.16. The average Bonchev–Trinajstić information content (AvgIpc) is 3.17. The lowest BCUT2D eigenvalue weighted by atomic mass is 9.98. The number of Topliss-reactive ketones (excluding diaryl/α,β-unsaturated/α-hetero) is 1. The highest BCUT2D eigenvalue weighted by Crippen LogP contribution is 2.28. The Balaban J connectivity index is 1.61. The summed E-state index contributed by atoms with van der Waals surface area (Å²) < 4.78 is 0. The number of aromatic amines is 1. The molecule has 0 aliphatic rings. The smallest absolute Gasteiger partial charge is 0.167 e. The van der Waals surface area contributed by atoms with E-state index in [2.05, 4.69) is 41.2 Å². The number of ketones is 1. The predicted octanol–water partition coefficient (Wildman–Crippen LogP) is 5.22. The van der Waals surface area contributed by atoms with Crippen LogP contribution in [0.5, 0.6) is 0 Å². The Morgan fingerprint density at radius 1 is 1.00 bits per heavy atom. The van der Waals surface area contributed by atoms with Crippen LogP contribution in [-0.2, 0) is 12.8 Å². The molecule has 4 rings (SSSR count). The Bertz CT molecular complexity index is 1060. The van der Waals surface area contributed by atoms with Gasteiger partial charge in [0.15, 0.2) is 5.78 Å². The molecule has 0 spiro atoms. The minimum absolute atomic E-state index is 0.117. The quantitative estimate of drug-likeness (QED) is 0.506. The fraction of sp³-hybridized carbons (Fsp3) is 0.130. The highest BCUT2D eigenvalue weighted by Gasteiger charge is 2.10. The largest absolute Gasteiger partial charge is 0.361 e. The Hall–Kier alpha value is -3.20. The van der Waals surface area contributed by atoms with E-state index in [4.69, 9.17) is 0 Å². The summed E-state index contributed by atoms with van der Waals surface area (Å²) in [6, 6.07) is 18.2. The number of rotatable bonds is 5. The van der Waals surface area contributed by atoms with Gasteiger partial charge < -0.3 is 4.98 Å². The van der Waals surface area contributed by atoms with Gasteiger partial charge in [-0.25, -0.2) is 0 Å². The number of H-pyrrole nitrogens is 1. The van der Waals surface area contributed by atoms with E-state index in [1.54, 1.807) is 6.20 Å². The maximum Gasteiger partial charge on any atom is 0.167 e. The molecule has 128 valence electrons. The monoisotopic (exact) mass is 340 g/mol. The molecule has 1 N–H and O–H groups in total. The topological polar surface area (TPSA) is 45.8 Å². The molecule has 0 aliphatic heterocycles. The normalized spacial score (nSPS) is 11.0. The summed E-state index contributed by atoms with van der Waals surface area (Å²) >= 11 is 0. The number of hydrogen-bond acceptors (Lipinski definition) is 2. The van der Waals surface area contributed by atoms with E-state index in [9.17, 15) is 4.79 Å². The van der Waals surface area contributed by atoms with Gasteiger partial charge in [-0.05, 0) is 41.3 Å². The van der Waals surface area contributed by atoms with Crippen LogP contribution in [0.4, 0.5) is 0 Å². The number of hydrogen-bond donors (Lipinski definition) is 1. The predicted molar refractivity (Wildman–Crippen MR) is 105 cm³/mol. The summed E-state index contributed by atoms with van der Waals surface area (Å²) in [5.41, 5.74) is 6.17. The first-order valence-corrected chi connectivity index (χ1v) is 8.87. The van der Waals surface area contributed by atoms with Gasteiger partial charge in [0.05, 0.1) is 0 Å². The zero-order chi connectivity index (χ0) is 17.9. The van der Waals surface area contributed by atoms with Gasteiger partial charge >= 0.3 is 0 Å². The number of aromatic nitrogens is 2. The van der Waals surface area contributed by atoms with E-state index in [0.717, 1.165) is 39.6 Å². The molecule has 0 unspecified atom stereocenters. The minimum Gasteiger partial charge on any atom is -0.361 e. The molecule has 26 heavy (non-hydrogen) atoms. The Kier molecular flexibility index (Phi) is 4.36. The molecule has 0 bridgehead atoms. The maximum atomic E-state index is 12.6. The van der Waals surface area contributed by atoms with Gasteiger partial charge in [-0.2, -0.15) is 0 Å². The van der Waals surface area contributed by atoms with Crippen molar-refractivity contribution < 1.29 is 4.79 Å². The molecule has 3 nitrogen and oxygen atoms in total. The van der Waals surface area contributed by atoms with Crippen LogP contribution in [0.3, 0.4) is 0 Å². The van der Waals surface area contributed by atoms with Crippen molar-refractivity contribution in [3.05, 3.63) is 89.9 Å². The lowest BCUT2D eigenvalue weighted by Gasteiger charge is -2.07. The summed E-state index contributed by atoms with van der Waals surface area (Å²) in [4.78, 5) is 20.2. The van der Waals surface area contributed by atoms with Gasteiger partial charge in [-0.15, -0.1) is 0 Å². The highest BCUT2D eigenvalue weighted by molar-refractivity contribution is 5.98. The molecule has 0 saturated carbocycles. The molecule has 0 fully saturated rings. The van der Waals surface area contributed by atoms with E-state index < -0.39 is 0 Å². The number of aryl methyl sites for hydroxylation is 1. The van der Waals surface area contributed by atoms with Gasteiger partial charge in [0.2, 0.25) is 0 Å². The molecule has 0 aliphatic carbocycles. The van der Waals surface area contributed by atoms with Gasteiger partial charge in [0.1, 0.15) is 0 Å². The fourth-order valence-corrected chi connectivity index (χ4v) is 3.28. The van der Waals surface area contributed by atoms with Crippen molar-refractivity contribution >= 4 is 16.7 Å². The van der Waals surface area contributed by atoms with Crippen LogP contribution in [0, 0.1) is 0 Å². The number of carbonyl (C=O) groups is 1. The lowest BCUT2D eigenvalue weighted by molar-refractivity contribution is 0.0993. The van der Waals surface area contributed by atoms with Crippen LogP contribution in [0.1, 0.15) is 28.4 Å². The summed E-state index contributed by atoms with van der Waals surface area (Å²) in [6.07, 6.45) is 6.90. The number of fused-ring (bicyclic) bond motifs is 1. The number of carbonyl (C=O) groups excluding carboxylic acids is 1. The van der Waals surface area contributed by atoms with Crippen molar-refractivity contribution in [3.63, 3.8) is 0 Å². The van der Waals surface area contributed by atoms with E-state index in [1.165, 1.54) is 5.56 Å². The summed E-state index contributed by atoms with van der Waals surface area (Å²) in [7, 11) is 0. The van der Waals surface area contributed by atoms with Crippen molar-refractivity contribution in [2.75, 3.05) is 0 Å². The first kappa shape index (κ1) is 16.3. The first-order chi connectivity index (χ1) is 12.7. The molecule has 4 aromatic rings. The van der Waals surface area contributed by atoms with Crippen LogP contribution in [0.15, 0.2) is 73.2 Å². The molecule has 2 aromatic heterocycles. The van der Waals surface area contributed by atoms with Crippen molar-refractivity contribution in [2.45, 2.75) is 19.8 Å². The second-order valence-electron chi connectivity index (χ2n) is 6.48. The number of pyridine rings is 1. The van der Waals surface area contributed by atoms with Crippen LogP contribution in [-0.4, -0.2) is 15.8 Å². The average molecular weight is 340 g/mol. The van der Waals surface area contributed by atoms with Crippen LogP contribution >= 0.6 is 0 Å². The zero-order valence-corrected chi connectivity index (χ0v) is 14.7. The van der Waals surface area contributed by atoms with Crippen molar-refractivity contribution in [1.29, 1.82) is 0 Å². The van der Waals surface area contributed by atoms with Crippen LogP contribution in [0.2, 0.25) is 0 Å². The number of nitrogens with one attached hydrogen (secondary N) is 1. The van der Waals surface area contributed by atoms with E-state index >= 15 is 0 Å². The maximum absolute atomic E-state index is 12.6. The van der Waals surface area contributed by atoms with Crippen molar-refractivity contribution in [3.8, 4) is 11.1 Å². The van der Waals surface area contributed by atoms with Gasteiger partial charge in [0.25, 0.3) is 0 Å². The molecular weight excluding hydrogens is 320 g/mol. The standard InChI is InChI=1S/C23H20N2O/c1-2-16-6-8-18(9-7-16)23(26)13-17-12-19(15-24-14-17)20-4-3-5-22-21(20)10-11-25-22/h3-12,14-15,25H,2,13H2,1H3. The molecule has 0 radical (unpaired) electrons. The highest BCUT2D eigenvalue weighted by atomic mass is 16.1. The molecule has 0 amide bonds. The van der Waals surface area contributed by atoms with E-state index in [-0.39, 0.29) is 5.78 Å². The molecule has 0 atom stereocenters. The molecule has 2 aromatic carbocycles. The van der Waals surface area contributed by atoms with Crippen LogP contribution < -0.4 is 0 Å². The molecular formula is C23H20N2O. The van der Waals surface area contributed by atoms with Gasteiger partial charge in [-0.1, -0.05) is 43.3 Å². The third-order valence-corrected chi connectivity index (χ3v) is 4.75. The van der Waals surface area contributed by atoms with E-state index in [1.807, 2.05) is 42.7 Å². The molecule has 3 heteroatoms. The third-order valence-electron chi connectivity index (χ3n) is 4.75. The fourth-order valence-electron chi connectivity index (χ4n) is 3.28. The number of benzene rings is 2. The zero-order valence-electron chi connectivity index (χ0n) is 14.7. The van der Waals surface area contributed by atoms with Gasteiger partial charge in [0, 0.05) is 47.0 Å². The third kappa shape index (κ3) is 3.16. The van der Waals surface area contributed by atoms with E-state index in [0.29, 0.717) is 6.42 Å². The number of nitrogens with zero attached hydrogens (tertiary/aromatic N) is 1. The van der Waals surface area contributed by atoms with Gasteiger partial charge in [-0.3, -0.25) is 9.78 Å². The van der Waals surface area contributed by atoms with Crippen molar-refractivity contribution in [1.82, 2.24) is 9.97 Å². The lowest BCUT2D eigenvalue weighted by Crippen LogP contribution is -2.04. The van der Waals surface area contributed by atoms with Crippen LogP contribution in [0.25, 0.3) is 22.0 Å². The van der Waals surface area contributed by atoms with Crippen molar-refractivity contribution in [2.24, 2.45) is 0 Å².